The van der Waals surface area contributed by atoms with Crippen LogP contribution in [0, 0.1) is 11.7 Å². The fraction of sp³-hybridized carbons (Fsp3) is 0.611. The summed E-state index contributed by atoms with van der Waals surface area (Å²) in [4.78, 5) is 14.3. The number of hydrogen-bond acceptors (Lipinski definition) is 3. The third-order valence-electron chi connectivity index (χ3n) is 4.59. The number of carbonyl (C=O) groups excluding carboxylic acids is 1. The van der Waals surface area contributed by atoms with E-state index in [0.717, 1.165) is 13.1 Å². The van der Waals surface area contributed by atoms with Crippen molar-refractivity contribution in [2.75, 3.05) is 26.2 Å². The van der Waals surface area contributed by atoms with Crippen molar-refractivity contribution in [3.8, 4) is 0 Å². The molecule has 0 bridgehead atoms. The van der Waals surface area contributed by atoms with E-state index in [-0.39, 0.29) is 24.2 Å². The Bertz CT molecular complexity index is 541. The van der Waals surface area contributed by atoms with E-state index in [9.17, 15) is 14.3 Å². The van der Waals surface area contributed by atoms with Gasteiger partial charge in [0.15, 0.2) is 0 Å². The second-order valence-corrected chi connectivity index (χ2v) is 6.72. The summed E-state index contributed by atoms with van der Waals surface area (Å²) in [7, 11) is 0. The third kappa shape index (κ3) is 5.46. The highest BCUT2D eigenvalue weighted by Crippen LogP contribution is 2.17. The largest absolute Gasteiger partial charge is 0.386 e. The van der Waals surface area contributed by atoms with Crippen LogP contribution in [0.25, 0.3) is 0 Å². The van der Waals surface area contributed by atoms with Gasteiger partial charge in [-0.05, 0) is 38.3 Å². The minimum Gasteiger partial charge on any atom is -0.386 e. The van der Waals surface area contributed by atoms with Gasteiger partial charge in [0.1, 0.15) is 5.82 Å². The number of benzene rings is 1. The Labute approximate surface area is 143 Å². The lowest BCUT2D eigenvalue weighted by Gasteiger charge is -2.35. The summed E-state index contributed by atoms with van der Waals surface area (Å²) in [6.07, 6.45) is 1.41. The number of hydrogen-bond donors (Lipinski definition) is 3. The van der Waals surface area contributed by atoms with Gasteiger partial charge in [-0.3, -0.25) is 4.90 Å². The Morgan fingerprint density at radius 3 is 2.79 bits per heavy atom. The van der Waals surface area contributed by atoms with E-state index in [2.05, 4.69) is 29.4 Å². The molecule has 3 atom stereocenters. The van der Waals surface area contributed by atoms with Gasteiger partial charge in [-0.25, -0.2) is 9.18 Å². The van der Waals surface area contributed by atoms with E-state index in [0.29, 0.717) is 12.5 Å². The third-order valence-corrected chi connectivity index (χ3v) is 4.59. The fourth-order valence-corrected chi connectivity index (χ4v) is 3.10. The average Bonchev–Trinajstić information content (AvgIpc) is 2.58. The van der Waals surface area contributed by atoms with E-state index in [1.54, 1.807) is 12.1 Å². The number of rotatable bonds is 6. The van der Waals surface area contributed by atoms with Gasteiger partial charge in [-0.2, -0.15) is 0 Å². The molecule has 5 nitrogen and oxygen atoms in total. The molecule has 2 rings (SSSR count). The monoisotopic (exact) mass is 337 g/mol. The second-order valence-electron chi connectivity index (χ2n) is 6.72. The number of nitrogens with one attached hydrogen (secondary N) is 2. The topological polar surface area (TPSA) is 64.6 Å². The maximum Gasteiger partial charge on any atom is 0.314 e. The molecule has 1 saturated heterocycles. The molecule has 2 amide bonds. The summed E-state index contributed by atoms with van der Waals surface area (Å²) in [5, 5.41) is 15.4. The van der Waals surface area contributed by atoms with Crippen molar-refractivity contribution in [3.05, 3.63) is 35.6 Å². The molecule has 1 aliphatic heterocycles. The lowest BCUT2D eigenvalue weighted by atomic mass is 9.99. The fourth-order valence-electron chi connectivity index (χ4n) is 3.10. The summed E-state index contributed by atoms with van der Waals surface area (Å²) >= 11 is 0. The van der Waals surface area contributed by atoms with Gasteiger partial charge >= 0.3 is 6.03 Å². The van der Waals surface area contributed by atoms with Crippen LogP contribution in [-0.2, 0) is 0 Å². The van der Waals surface area contributed by atoms with E-state index < -0.39 is 11.9 Å². The molecular formula is C18H28FN3O2. The lowest BCUT2D eigenvalue weighted by Crippen LogP contribution is -2.48. The number of likely N-dealkylation sites (tertiary alicyclic amines) is 1. The predicted molar refractivity (Wildman–Crippen MR) is 92.2 cm³/mol. The van der Waals surface area contributed by atoms with Crippen LogP contribution in [0.1, 0.15) is 38.4 Å². The van der Waals surface area contributed by atoms with Gasteiger partial charge in [-0.1, -0.05) is 25.1 Å². The van der Waals surface area contributed by atoms with Crippen LogP contribution in [0.5, 0.6) is 0 Å². The minimum absolute atomic E-state index is 0.0259. The first-order valence-electron chi connectivity index (χ1n) is 8.65. The molecule has 0 aromatic heterocycles. The zero-order valence-electron chi connectivity index (χ0n) is 14.5. The first-order chi connectivity index (χ1) is 11.5. The molecule has 3 N–H and O–H groups in total. The molecule has 1 aromatic carbocycles. The predicted octanol–water partition coefficient (Wildman–Crippen LogP) is 2.28. The average molecular weight is 337 g/mol. The van der Waals surface area contributed by atoms with Gasteiger partial charge in [-0.15, -0.1) is 0 Å². The number of piperidine rings is 1. The van der Waals surface area contributed by atoms with Crippen LogP contribution in [0.4, 0.5) is 9.18 Å². The Morgan fingerprint density at radius 1 is 1.38 bits per heavy atom. The minimum atomic E-state index is -1.06. The second kappa shape index (κ2) is 8.99. The summed E-state index contributed by atoms with van der Waals surface area (Å²) in [6, 6.07) is 5.95. The van der Waals surface area contributed by atoms with E-state index in [4.69, 9.17) is 0 Å². The molecule has 1 aromatic rings. The Hall–Kier alpha value is -1.66. The van der Waals surface area contributed by atoms with Crippen molar-refractivity contribution in [2.24, 2.45) is 5.92 Å². The Kier molecular flexibility index (Phi) is 6.99. The highest BCUT2D eigenvalue weighted by Gasteiger charge is 2.21. The molecule has 1 heterocycles. The van der Waals surface area contributed by atoms with Crippen LogP contribution in [-0.4, -0.2) is 48.3 Å². The number of nitrogens with zero attached hydrogens (tertiary/aromatic N) is 1. The van der Waals surface area contributed by atoms with Crippen LogP contribution in [0.15, 0.2) is 24.3 Å². The standard InChI is InChI=1S/C18H28FN3O2/c1-13-6-5-9-22(12-13)14(2)10-20-18(24)21-11-17(23)15-7-3-4-8-16(15)19/h3-4,7-8,13-14,17,23H,5-6,9-12H2,1-2H3,(H2,20,21,24). The summed E-state index contributed by atoms with van der Waals surface area (Å²) in [5.74, 6) is 0.228. The van der Waals surface area contributed by atoms with Gasteiger partial charge in [0.25, 0.3) is 0 Å². The van der Waals surface area contributed by atoms with Gasteiger partial charge < -0.3 is 15.7 Å². The molecular weight excluding hydrogens is 309 g/mol. The Balaban J connectivity index is 1.70. The van der Waals surface area contributed by atoms with Crippen molar-refractivity contribution in [1.29, 1.82) is 0 Å². The molecule has 0 radical (unpaired) electrons. The lowest BCUT2D eigenvalue weighted by molar-refractivity contribution is 0.136. The number of amides is 2. The molecule has 6 heteroatoms. The summed E-state index contributed by atoms with van der Waals surface area (Å²) in [5.41, 5.74) is 0.188. The van der Waals surface area contributed by atoms with E-state index >= 15 is 0 Å². The summed E-state index contributed by atoms with van der Waals surface area (Å²) < 4.78 is 13.6. The van der Waals surface area contributed by atoms with Gasteiger partial charge in [0.05, 0.1) is 6.10 Å². The highest BCUT2D eigenvalue weighted by molar-refractivity contribution is 5.73. The molecule has 0 spiro atoms. The number of aliphatic hydroxyl groups excluding tert-OH is 1. The number of urea groups is 1. The first kappa shape index (κ1) is 18.7. The van der Waals surface area contributed by atoms with Crippen molar-refractivity contribution >= 4 is 6.03 Å². The SMILES string of the molecule is CC1CCCN(C(C)CNC(=O)NCC(O)c2ccccc2F)C1. The number of aliphatic hydroxyl groups is 1. The van der Waals surface area contributed by atoms with Gasteiger partial charge in [0, 0.05) is 31.2 Å². The summed E-state index contributed by atoms with van der Waals surface area (Å²) in [6.45, 7) is 7.02. The van der Waals surface area contributed by atoms with Crippen LogP contribution in [0.3, 0.4) is 0 Å². The normalized spacial score (nSPS) is 21.1. The van der Waals surface area contributed by atoms with Gasteiger partial charge in [0.2, 0.25) is 0 Å². The molecule has 1 aliphatic rings. The van der Waals surface area contributed by atoms with Crippen molar-refractivity contribution in [3.63, 3.8) is 0 Å². The molecule has 3 unspecified atom stereocenters. The number of halogens is 1. The van der Waals surface area contributed by atoms with Crippen LogP contribution >= 0.6 is 0 Å². The molecule has 134 valence electrons. The highest BCUT2D eigenvalue weighted by atomic mass is 19.1. The smallest absolute Gasteiger partial charge is 0.314 e. The van der Waals surface area contributed by atoms with Crippen LogP contribution < -0.4 is 10.6 Å². The number of carbonyl (C=O) groups is 1. The Morgan fingerprint density at radius 2 is 2.08 bits per heavy atom. The quantitative estimate of drug-likeness (QED) is 0.746. The van der Waals surface area contributed by atoms with E-state index in [1.165, 1.54) is 25.0 Å². The zero-order valence-corrected chi connectivity index (χ0v) is 14.5. The van der Waals surface area contributed by atoms with Crippen molar-refractivity contribution in [2.45, 2.75) is 38.8 Å². The van der Waals surface area contributed by atoms with Crippen molar-refractivity contribution in [1.82, 2.24) is 15.5 Å². The maximum absolute atomic E-state index is 13.6. The molecule has 24 heavy (non-hydrogen) atoms. The first-order valence-corrected chi connectivity index (χ1v) is 8.65. The van der Waals surface area contributed by atoms with Crippen molar-refractivity contribution < 1.29 is 14.3 Å². The van der Waals surface area contributed by atoms with E-state index in [1.807, 2.05) is 0 Å². The zero-order chi connectivity index (χ0) is 17.5. The maximum atomic E-state index is 13.6. The van der Waals surface area contributed by atoms with Crippen LogP contribution in [0.2, 0.25) is 0 Å². The molecule has 0 saturated carbocycles. The molecule has 1 fully saturated rings. The molecule has 0 aliphatic carbocycles.